The van der Waals surface area contributed by atoms with E-state index in [-0.39, 0.29) is 11.5 Å². The number of benzene rings is 1. The van der Waals surface area contributed by atoms with Crippen molar-refractivity contribution in [1.29, 1.82) is 0 Å². The quantitative estimate of drug-likeness (QED) is 0.418. The van der Waals surface area contributed by atoms with Crippen LogP contribution < -0.4 is 20.3 Å². The van der Waals surface area contributed by atoms with E-state index >= 15 is 0 Å². The zero-order valence-corrected chi connectivity index (χ0v) is 15.8. The first-order valence-electron chi connectivity index (χ1n) is 8.18. The summed E-state index contributed by atoms with van der Waals surface area (Å²) in [4.78, 5) is 38.3. The Morgan fingerprint density at radius 2 is 2.07 bits per heavy atom. The molecule has 0 saturated heterocycles. The number of amides is 1. The van der Waals surface area contributed by atoms with Gasteiger partial charge in [-0.15, -0.1) is 0 Å². The van der Waals surface area contributed by atoms with Crippen LogP contribution in [0.2, 0.25) is 0 Å². The fourth-order valence-electron chi connectivity index (χ4n) is 2.47. The first-order valence-corrected chi connectivity index (χ1v) is 9.06. The van der Waals surface area contributed by atoms with E-state index in [0.29, 0.717) is 39.9 Å². The first kappa shape index (κ1) is 18.8. The van der Waals surface area contributed by atoms with Crippen molar-refractivity contribution in [2.45, 2.75) is 23.8 Å². The number of anilines is 1. The Kier molecular flexibility index (Phi) is 5.65. The third-order valence-electron chi connectivity index (χ3n) is 3.84. The van der Waals surface area contributed by atoms with Gasteiger partial charge in [0.2, 0.25) is 5.91 Å². The third-order valence-corrected chi connectivity index (χ3v) is 5.09. The number of methoxy groups -OCH3 is 2. The molecule has 1 atom stereocenters. The Labute approximate surface area is 158 Å². The predicted octanol–water partition coefficient (Wildman–Crippen LogP) is 2.17. The van der Waals surface area contributed by atoms with Crippen LogP contribution in [0.5, 0.6) is 11.5 Å². The van der Waals surface area contributed by atoms with E-state index < -0.39 is 5.25 Å². The maximum absolute atomic E-state index is 12.7. The van der Waals surface area contributed by atoms with Crippen LogP contribution in [0.25, 0.3) is 11.2 Å². The number of hydrogen-bond donors (Lipinski definition) is 3. The maximum atomic E-state index is 12.7. The van der Waals surface area contributed by atoms with E-state index in [1.54, 1.807) is 25.3 Å². The van der Waals surface area contributed by atoms with E-state index in [1.807, 2.05) is 6.92 Å². The predicted molar refractivity (Wildman–Crippen MR) is 103 cm³/mol. The van der Waals surface area contributed by atoms with E-state index in [2.05, 4.69) is 25.3 Å². The van der Waals surface area contributed by atoms with Gasteiger partial charge < -0.3 is 19.8 Å². The number of imidazole rings is 1. The topological polar surface area (TPSA) is 122 Å². The highest BCUT2D eigenvalue weighted by Crippen LogP contribution is 2.30. The summed E-state index contributed by atoms with van der Waals surface area (Å²) in [6, 6.07) is 5.13. The van der Waals surface area contributed by atoms with Crippen LogP contribution in [0.15, 0.2) is 34.5 Å². The van der Waals surface area contributed by atoms with Gasteiger partial charge in [0.05, 0.1) is 25.8 Å². The van der Waals surface area contributed by atoms with Gasteiger partial charge in [-0.2, -0.15) is 0 Å². The number of hydrogen-bond acceptors (Lipinski definition) is 7. The third kappa shape index (κ3) is 4.05. The van der Waals surface area contributed by atoms with Crippen LogP contribution >= 0.6 is 11.8 Å². The van der Waals surface area contributed by atoms with Gasteiger partial charge in [0, 0.05) is 11.8 Å². The van der Waals surface area contributed by atoms with Crippen molar-refractivity contribution in [3.05, 3.63) is 34.9 Å². The lowest BCUT2D eigenvalue weighted by Crippen LogP contribution is -2.25. The second-order valence-corrected chi connectivity index (χ2v) is 6.74. The zero-order chi connectivity index (χ0) is 19.4. The van der Waals surface area contributed by atoms with Gasteiger partial charge in [-0.3, -0.25) is 14.6 Å². The Morgan fingerprint density at radius 3 is 2.78 bits per heavy atom. The Hall–Kier alpha value is -3.01. The van der Waals surface area contributed by atoms with Crippen LogP contribution in [0.1, 0.15) is 13.3 Å². The summed E-state index contributed by atoms with van der Waals surface area (Å²) < 4.78 is 10.4. The number of ether oxygens (including phenoxy) is 2. The van der Waals surface area contributed by atoms with Gasteiger partial charge in [-0.05, 0) is 18.6 Å². The van der Waals surface area contributed by atoms with Crippen molar-refractivity contribution in [1.82, 2.24) is 19.9 Å². The van der Waals surface area contributed by atoms with E-state index in [4.69, 9.17) is 9.47 Å². The molecule has 0 bridgehead atoms. The number of carbonyl (C=O) groups is 1. The van der Waals surface area contributed by atoms with Gasteiger partial charge in [0.1, 0.15) is 0 Å². The molecule has 0 radical (unpaired) electrons. The average Bonchev–Trinajstić information content (AvgIpc) is 3.15. The number of thioether (sulfide) groups is 1. The molecular weight excluding hydrogens is 370 g/mol. The number of rotatable bonds is 7. The monoisotopic (exact) mass is 389 g/mol. The molecule has 0 aliphatic carbocycles. The van der Waals surface area contributed by atoms with Crippen LogP contribution in [-0.4, -0.2) is 45.3 Å². The Morgan fingerprint density at radius 1 is 1.30 bits per heavy atom. The smallest absolute Gasteiger partial charge is 0.277 e. The summed E-state index contributed by atoms with van der Waals surface area (Å²) in [5, 5.41) is 2.74. The molecule has 0 saturated carbocycles. The number of nitrogens with one attached hydrogen (secondary N) is 3. The van der Waals surface area contributed by atoms with E-state index in [1.165, 1.54) is 25.2 Å². The van der Waals surface area contributed by atoms with E-state index in [9.17, 15) is 9.59 Å². The summed E-state index contributed by atoms with van der Waals surface area (Å²) in [6.07, 6.45) is 1.95. The molecule has 1 aromatic carbocycles. The Bertz CT molecular complexity index is 1020. The molecule has 3 N–H and O–H groups in total. The molecule has 0 aliphatic rings. The normalized spacial score (nSPS) is 12.0. The fourth-order valence-corrected chi connectivity index (χ4v) is 3.37. The molecule has 0 aliphatic heterocycles. The molecule has 3 rings (SSSR count). The van der Waals surface area contributed by atoms with Crippen molar-refractivity contribution in [2.24, 2.45) is 0 Å². The van der Waals surface area contributed by atoms with Crippen LogP contribution in [0.4, 0.5) is 5.69 Å². The molecule has 2 heterocycles. The summed E-state index contributed by atoms with van der Waals surface area (Å²) in [6.45, 7) is 1.89. The summed E-state index contributed by atoms with van der Waals surface area (Å²) in [5.41, 5.74) is 0.884. The number of nitrogens with zero attached hydrogens (tertiary/aromatic N) is 2. The van der Waals surface area contributed by atoms with Crippen molar-refractivity contribution in [3.8, 4) is 11.5 Å². The summed E-state index contributed by atoms with van der Waals surface area (Å²) >= 11 is 1.18. The van der Waals surface area contributed by atoms with Crippen molar-refractivity contribution in [2.75, 3.05) is 19.5 Å². The van der Waals surface area contributed by atoms with E-state index in [0.717, 1.165) is 0 Å². The standard InChI is InChI=1S/C17H19N5O4S/c1-4-12(27-17-21-14-13(16(24)22-17)18-8-19-14)15(23)20-9-5-6-10(25-2)11(7-9)26-3/h5-8,12H,4H2,1-3H3,(H,20,23)(H2,18,19,21,22,24)/t12-/m0/s1. The number of fused-ring (bicyclic) bond motifs is 1. The minimum Gasteiger partial charge on any atom is -0.493 e. The highest BCUT2D eigenvalue weighted by atomic mass is 32.2. The van der Waals surface area contributed by atoms with Crippen LogP contribution in [0, 0.1) is 0 Å². The molecule has 2 aromatic heterocycles. The number of aromatic nitrogens is 4. The second-order valence-electron chi connectivity index (χ2n) is 5.55. The van der Waals surface area contributed by atoms with Gasteiger partial charge >= 0.3 is 0 Å². The molecule has 0 spiro atoms. The summed E-state index contributed by atoms with van der Waals surface area (Å²) in [5.74, 6) is 0.886. The molecule has 0 fully saturated rings. The molecule has 3 aromatic rings. The molecule has 142 valence electrons. The maximum Gasteiger partial charge on any atom is 0.277 e. The largest absolute Gasteiger partial charge is 0.493 e. The highest BCUT2D eigenvalue weighted by Gasteiger charge is 2.21. The highest BCUT2D eigenvalue weighted by molar-refractivity contribution is 8.00. The van der Waals surface area contributed by atoms with Gasteiger partial charge in [0.15, 0.2) is 27.8 Å². The zero-order valence-electron chi connectivity index (χ0n) is 15.0. The molecule has 9 nitrogen and oxygen atoms in total. The molecule has 27 heavy (non-hydrogen) atoms. The lowest BCUT2D eigenvalue weighted by Gasteiger charge is -2.15. The molecule has 0 unspecified atom stereocenters. The van der Waals surface area contributed by atoms with Crippen molar-refractivity contribution in [3.63, 3.8) is 0 Å². The number of carbonyl (C=O) groups excluding carboxylic acids is 1. The minimum absolute atomic E-state index is 0.209. The fraction of sp³-hybridized carbons (Fsp3) is 0.294. The van der Waals surface area contributed by atoms with Gasteiger partial charge in [-0.1, -0.05) is 18.7 Å². The number of H-pyrrole nitrogens is 2. The minimum atomic E-state index is -0.447. The van der Waals surface area contributed by atoms with Gasteiger partial charge in [-0.25, -0.2) is 9.97 Å². The molecule has 10 heteroatoms. The van der Waals surface area contributed by atoms with Crippen LogP contribution in [0.3, 0.4) is 0 Å². The lowest BCUT2D eigenvalue weighted by atomic mass is 10.2. The number of aromatic amines is 2. The van der Waals surface area contributed by atoms with Gasteiger partial charge in [0.25, 0.3) is 5.56 Å². The molecule has 1 amide bonds. The Balaban J connectivity index is 1.76. The first-order chi connectivity index (χ1) is 13.0. The molecular formula is C17H19N5O4S. The second kappa shape index (κ2) is 8.12. The van der Waals surface area contributed by atoms with Crippen molar-refractivity contribution >= 4 is 34.5 Å². The van der Waals surface area contributed by atoms with Crippen molar-refractivity contribution < 1.29 is 14.3 Å². The average molecular weight is 389 g/mol. The lowest BCUT2D eigenvalue weighted by molar-refractivity contribution is -0.115. The SMILES string of the molecule is CC[C@H](Sc1nc2nc[nH]c2c(=O)[nH]1)C(=O)Nc1ccc(OC)c(OC)c1. The van der Waals surface area contributed by atoms with Crippen LogP contribution in [-0.2, 0) is 4.79 Å². The summed E-state index contributed by atoms with van der Waals surface area (Å²) in [7, 11) is 3.07.